The summed E-state index contributed by atoms with van der Waals surface area (Å²) in [7, 11) is 3.29. The maximum Gasteiger partial charge on any atom is 0.164 e. The molecule has 0 unspecified atom stereocenters. The van der Waals surface area contributed by atoms with Gasteiger partial charge in [-0.05, 0) is 31.2 Å². The van der Waals surface area contributed by atoms with Crippen LogP contribution in [-0.2, 0) is 0 Å². The van der Waals surface area contributed by atoms with Crippen molar-refractivity contribution in [2.75, 3.05) is 14.2 Å². The monoisotopic (exact) mass is 222 g/mol. The van der Waals surface area contributed by atoms with E-state index in [9.17, 15) is 5.11 Å². The van der Waals surface area contributed by atoms with Crippen LogP contribution in [0.5, 0.6) is 11.5 Å². The Balaban J connectivity index is 2.28. The number of hydrogen-bond acceptors (Lipinski definition) is 3. The summed E-state index contributed by atoms with van der Waals surface area (Å²) in [6, 6.07) is 5.91. The van der Waals surface area contributed by atoms with Crippen molar-refractivity contribution in [1.29, 1.82) is 0 Å². The SMILES string of the molecule is COc1cccc([C@H]2C[C@H]2[C@@H](C)O)c1OC. The van der Waals surface area contributed by atoms with E-state index in [1.54, 1.807) is 14.2 Å². The molecule has 2 rings (SSSR count). The van der Waals surface area contributed by atoms with Gasteiger partial charge in [-0.25, -0.2) is 0 Å². The molecule has 1 aromatic rings. The Hall–Kier alpha value is -1.22. The third-order valence-corrected chi connectivity index (χ3v) is 3.29. The summed E-state index contributed by atoms with van der Waals surface area (Å²) in [6.45, 7) is 1.84. The van der Waals surface area contributed by atoms with Crippen LogP contribution in [0.3, 0.4) is 0 Å². The second-order valence-electron chi connectivity index (χ2n) is 4.33. The lowest BCUT2D eigenvalue weighted by atomic mass is 10.1. The van der Waals surface area contributed by atoms with E-state index in [1.165, 1.54) is 0 Å². The molecule has 3 atom stereocenters. The molecule has 1 aromatic carbocycles. The van der Waals surface area contributed by atoms with Gasteiger partial charge in [-0.2, -0.15) is 0 Å². The normalized spacial score (nSPS) is 25.0. The fraction of sp³-hybridized carbons (Fsp3) is 0.538. The van der Waals surface area contributed by atoms with Crippen molar-refractivity contribution in [3.8, 4) is 11.5 Å². The fourth-order valence-electron chi connectivity index (χ4n) is 2.31. The minimum Gasteiger partial charge on any atom is -0.493 e. The van der Waals surface area contributed by atoms with Gasteiger partial charge >= 0.3 is 0 Å². The van der Waals surface area contributed by atoms with E-state index in [2.05, 4.69) is 6.07 Å². The van der Waals surface area contributed by atoms with Gasteiger partial charge in [0.1, 0.15) is 0 Å². The quantitative estimate of drug-likeness (QED) is 0.848. The van der Waals surface area contributed by atoms with Gasteiger partial charge in [0.05, 0.1) is 20.3 Å². The molecule has 1 saturated carbocycles. The summed E-state index contributed by atoms with van der Waals surface area (Å²) in [6.07, 6.45) is 0.780. The van der Waals surface area contributed by atoms with Gasteiger partial charge in [0.25, 0.3) is 0 Å². The average Bonchev–Trinajstić information content (AvgIpc) is 3.07. The molecule has 0 saturated heterocycles. The summed E-state index contributed by atoms with van der Waals surface area (Å²) >= 11 is 0. The highest BCUT2D eigenvalue weighted by molar-refractivity contribution is 5.50. The minimum absolute atomic E-state index is 0.249. The minimum atomic E-state index is -0.249. The van der Waals surface area contributed by atoms with Crippen LogP contribution in [0.25, 0.3) is 0 Å². The standard InChI is InChI=1S/C13H18O3/c1-8(14)10-7-11(10)9-5-4-6-12(15-2)13(9)16-3/h4-6,8,10-11,14H,7H2,1-3H3/t8-,10+,11-/m1/s1. The van der Waals surface area contributed by atoms with Crippen LogP contribution in [0.1, 0.15) is 24.8 Å². The largest absolute Gasteiger partial charge is 0.493 e. The molecule has 3 nitrogen and oxygen atoms in total. The van der Waals surface area contributed by atoms with Crippen molar-refractivity contribution in [3.05, 3.63) is 23.8 Å². The lowest BCUT2D eigenvalue weighted by Gasteiger charge is -2.12. The first-order chi connectivity index (χ1) is 7.69. The molecule has 1 N–H and O–H groups in total. The number of benzene rings is 1. The summed E-state index contributed by atoms with van der Waals surface area (Å²) in [4.78, 5) is 0. The van der Waals surface area contributed by atoms with Crippen molar-refractivity contribution >= 4 is 0 Å². The van der Waals surface area contributed by atoms with Crippen molar-refractivity contribution in [2.45, 2.75) is 25.4 Å². The van der Waals surface area contributed by atoms with Crippen LogP contribution in [0.4, 0.5) is 0 Å². The van der Waals surface area contributed by atoms with Gasteiger partial charge in [-0.3, -0.25) is 0 Å². The molecule has 0 amide bonds. The molecule has 0 radical (unpaired) electrons. The van der Waals surface area contributed by atoms with Gasteiger partial charge in [-0.15, -0.1) is 0 Å². The Kier molecular flexibility index (Phi) is 3.06. The van der Waals surface area contributed by atoms with E-state index in [-0.39, 0.29) is 6.10 Å². The summed E-state index contributed by atoms with van der Waals surface area (Å²) in [5, 5.41) is 9.54. The van der Waals surface area contributed by atoms with E-state index in [0.717, 1.165) is 23.5 Å². The molecule has 88 valence electrons. The van der Waals surface area contributed by atoms with Crippen LogP contribution in [-0.4, -0.2) is 25.4 Å². The number of methoxy groups -OCH3 is 2. The summed E-state index contributed by atoms with van der Waals surface area (Å²) < 4.78 is 10.7. The molecule has 0 spiro atoms. The highest BCUT2D eigenvalue weighted by atomic mass is 16.5. The highest BCUT2D eigenvalue weighted by Crippen LogP contribution is 2.53. The maximum atomic E-state index is 9.54. The predicted molar refractivity (Wildman–Crippen MR) is 62.1 cm³/mol. The van der Waals surface area contributed by atoms with Gasteiger partial charge in [0.15, 0.2) is 11.5 Å². The van der Waals surface area contributed by atoms with Gasteiger partial charge in [-0.1, -0.05) is 12.1 Å². The zero-order chi connectivity index (χ0) is 11.7. The first-order valence-corrected chi connectivity index (χ1v) is 5.58. The fourth-order valence-corrected chi connectivity index (χ4v) is 2.31. The Morgan fingerprint density at radius 3 is 2.56 bits per heavy atom. The Bertz CT molecular complexity index is 373. The first-order valence-electron chi connectivity index (χ1n) is 5.58. The van der Waals surface area contributed by atoms with Crippen LogP contribution >= 0.6 is 0 Å². The maximum absolute atomic E-state index is 9.54. The van der Waals surface area contributed by atoms with E-state index < -0.39 is 0 Å². The second-order valence-corrected chi connectivity index (χ2v) is 4.33. The van der Waals surface area contributed by atoms with Gasteiger partial charge in [0, 0.05) is 5.56 Å². The average molecular weight is 222 g/mol. The van der Waals surface area contributed by atoms with Crippen molar-refractivity contribution in [3.63, 3.8) is 0 Å². The highest BCUT2D eigenvalue weighted by Gasteiger charge is 2.43. The molecule has 0 heterocycles. The van der Waals surface area contributed by atoms with Crippen LogP contribution < -0.4 is 9.47 Å². The zero-order valence-corrected chi connectivity index (χ0v) is 9.93. The number of para-hydroxylation sites is 1. The summed E-state index contributed by atoms with van der Waals surface area (Å²) in [5.74, 6) is 2.33. The molecule has 0 aromatic heterocycles. The molecule has 3 heteroatoms. The lowest BCUT2D eigenvalue weighted by molar-refractivity contribution is 0.168. The molecular formula is C13H18O3. The van der Waals surface area contributed by atoms with E-state index >= 15 is 0 Å². The topological polar surface area (TPSA) is 38.7 Å². The Labute approximate surface area is 96.0 Å². The number of hydrogen-bond donors (Lipinski definition) is 1. The van der Waals surface area contributed by atoms with Gasteiger partial charge in [0.2, 0.25) is 0 Å². The molecule has 0 bridgehead atoms. The molecule has 1 fully saturated rings. The van der Waals surface area contributed by atoms with Crippen LogP contribution in [0.2, 0.25) is 0 Å². The Morgan fingerprint density at radius 1 is 1.31 bits per heavy atom. The summed E-state index contributed by atoms with van der Waals surface area (Å²) in [5.41, 5.74) is 1.15. The number of aliphatic hydroxyl groups is 1. The number of rotatable bonds is 4. The van der Waals surface area contributed by atoms with Crippen molar-refractivity contribution in [2.24, 2.45) is 5.92 Å². The molecular weight excluding hydrogens is 204 g/mol. The van der Waals surface area contributed by atoms with Crippen molar-refractivity contribution < 1.29 is 14.6 Å². The molecule has 0 aliphatic heterocycles. The third kappa shape index (κ3) is 1.87. The van der Waals surface area contributed by atoms with Gasteiger partial charge < -0.3 is 14.6 Å². The zero-order valence-electron chi connectivity index (χ0n) is 9.93. The molecule has 1 aliphatic carbocycles. The molecule has 16 heavy (non-hydrogen) atoms. The number of ether oxygens (including phenoxy) is 2. The van der Waals surface area contributed by atoms with Crippen LogP contribution in [0, 0.1) is 5.92 Å². The predicted octanol–water partition coefficient (Wildman–Crippen LogP) is 2.19. The molecule has 1 aliphatic rings. The first kappa shape index (κ1) is 11.3. The Morgan fingerprint density at radius 2 is 2.06 bits per heavy atom. The lowest BCUT2D eigenvalue weighted by Crippen LogP contribution is -2.04. The van der Waals surface area contributed by atoms with E-state index in [1.807, 2.05) is 19.1 Å². The van der Waals surface area contributed by atoms with E-state index in [4.69, 9.17) is 9.47 Å². The third-order valence-electron chi connectivity index (χ3n) is 3.29. The van der Waals surface area contributed by atoms with Crippen LogP contribution in [0.15, 0.2) is 18.2 Å². The van der Waals surface area contributed by atoms with E-state index in [0.29, 0.717) is 11.8 Å². The second kappa shape index (κ2) is 4.34. The number of aliphatic hydroxyl groups excluding tert-OH is 1. The smallest absolute Gasteiger partial charge is 0.164 e. The van der Waals surface area contributed by atoms with Crippen molar-refractivity contribution in [1.82, 2.24) is 0 Å².